The topological polar surface area (TPSA) is 35.5 Å². The van der Waals surface area contributed by atoms with E-state index in [9.17, 15) is 4.79 Å². The van der Waals surface area contributed by atoms with Gasteiger partial charge in [0.2, 0.25) is 0 Å². The predicted molar refractivity (Wildman–Crippen MR) is 88.7 cm³/mol. The molecule has 3 nitrogen and oxygen atoms in total. The summed E-state index contributed by atoms with van der Waals surface area (Å²) in [5.41, 5.74) is 2.88. The van der Waals surface area contributed by atoms with E-state index < -0.39 is 0 Å². The van der Waals surface area contributed by atoms with Crippen molar-refractivity contribution < 1.29 is 14.3 Å². The number of benzene rings is 2. The fraction of sp³-hybridized carbons (Fsp3) is 0.278. The number of aryl methyl sites for hydroxylation is 1. The van der Waals surface area contributed by atoms with Crippen LogP contribution in [0, 0.1) is 6.92 Å². The molecule has 0 bridgehead atoms. The van der Waals surface area contributed by atoms with Crippen LogP contribution in [0.3, 0.4) is 0 Å². The lowest BCUT2D eigenvalue weighted by atomic mass is 10.1. The highest BCUT2D eigenvalue weighted by atomic mass is 79.9. The Morgan fingerprint density at radius 2 is 1.82 bits per heavy atom. The van der Waals surface area contributed by atoms with E-state index in [2.05, 4.69) is 28.9 Å². The largest absolute Gasteiger partial charge is 0.465 e. The second-order valence-electron chi connectivity index (χ2n) is 5.50. The van der Waals surface area contributed by atoms with E-state index >= 15 is 0 Å². The van der Waals surface area contributed by atoms with Gasteiger partial charge in [0.25, 0.3) is 0 Å². The van der Waals surface area contributed by atoms with Crippen LogP contribution in [0.4, 0.5) is 0 Å². The summed E-state index contributed by atoms with van der Waals surface area (Å²) in [5, 5.41) is 0. The van der Waals surface area contributed by atoms with Gasteiger partial charge in [0.05, 0.1) is 12.7 Å². The summed E-state index contributed by atoms with van der Waals surface area (Å²) in [5.74, 6) is 1.88. The molecule has 2 aromatic carbocycles. The van der Waals surface area contributed by atoms with E-state index in [4.69, 9.17) is 9.47 Å². The van der Waals surface area contributed by atoms with Crippen LogP contribution in [-0.2, 0) is 4.74 Å². The smallest absolute Gasteiger partial charge is 0.337 e. The average molecular weight is 361 g/mol. The second-order valence-corrected chi connectivity index (χ2v) is 6.35. The Morgan fingerprint density at radius 1 is 1.14 bits per heavy atom. The van der Waals surface area contributed by atoms with Gasteiger partial charge in [0, 0.05) is 10.0 Å². The molecule has 0 unspecified atom stereocenters. The SMILES string of the molecule is COC(=O)c1ccc(Oc2c(C)ccc(Br)c2C2CC2)cc1. The molecule has 4 heteroatoms. The Morgan fingerprint density at radius 3 is 2.41 bits per heavy atom. The molecule has 1 aliphatic carbocycles. The van der Waals surface area contributed by atoms with Crippen molar-refractivity contribution in [1.29, 1.82) is 0 Å². The zero-order valence-electron chi connectivity index (χ0n) is 12.6. The van der Waals surface area contributed by atoms with Crippen molar-refractivity contribution in [2.75, 3.05) is 7.11 Å². The van der Waals surface area contributed by atoms with Crippen molar-refractivity contribution in [3.8, 4) is 11.5 Å². The van der Waals surface area contributed by atoms with Crippen molar-refractivity contribution in [3.63, 3.8) is 0 Å². The molecule has 1 fully saturated rings. The van der Waals surface area contributed by atoms with Crippen molar-refractivity contribution in [3.05, 3.63) is 57.6 Å². The second kappa shape index (κ2) is 6.13. The number of carbonyl (C=O) groups is 1. The monoisotopic (exact) mass is 360 g/mol. The van der Waals surface area contributed by atoms with Gasteiger partial charge >= 0.3 is 5.97 Å². The van der Waals surface area contributed by atoms with Crippen LogP contribution in [0.2, 0.25) is 0 Å². The minimum atomic E-state index is -0.344. The zero-order valence-corrected chi connectivity index (χ0v) is 14.1. The van der Waals surface area contributed by atoms with Crippen LogP contribution in [0.1, 0.15) is 40.2 Å². The standard InChI is InChI=1S/C18H17BrO3/c1-11-3-10-15(19)16(12-4-5-12)17(11)22-14-8-6-13(7-9-14)18(20)21-2/h3,6-10,12H,4-5H2,1-2H3. The summed E-state index contributed by atoms with van der Waals surface area (Å²) in [4.78, 5) is 11.5. The van der Waals surface area contributed by atoms with Crippen LogP contribution in [0.5, 0.6) is 11.5 Å². The fourth-order valence-electron chi connectivity index (χ4n) is 2.47. The molecule has 0 radical (unpaired) electrons. The number of hydrogen-bond acceptors (Lipinski definition) is 3. The molecule has 1 saturated carbocycles. The highest BCUT2D eigenvalue weighted by Crippen LogP contribution is 2.49. The summed E-state index contributed by atoms with van der Waals surface area (Å²) in [6.07, 6.45) is 2.42. The van der Waals surface area contributed by atoms with Crippen LogP contribution < -0.4 is 4.74 Å². The molecular formula is C18H17BrO3. The fourth-order valence-corrected chi connectivity index (χ4v) is 3.10. The minimum Gasteiger partial charge on any atom is -0.465 e. The summed E-state index contributed by atoms with van der Waals surface area (Å²) >= 11 is 3.63. The van der Waals surface area contributed by atoms with Crippen LogP contribution in [0.25, 0.3) is 0 Å². The number of rotatable bonds is 4. The number of carbonyl (C=O) groups excluding carboxylic acids is 1. The molecule has 0 saturated heterocycles. The van der Waals surface area contributed by atoms with Gasteiger partial charge in [0.1, 0.15) is 11.5 Å². The quantitative estimate of drug-likeness (QED) is 0.701. The van der Waals surface area contributed by atoms with E-state index in [-0.39, 0.29) is 5.97 Å². The van der Waals surface area contributed by atoms with Gasteiger partial charge in [-0.15, -0.1) is 0 Å². The number of ether oxygens (including phenoxy) is 2. The minimum absolute atomic E-state index is 0.344. The maximum atomic E-state index is 11.5. The third-order valence-electron chi connectivity index (χ3n) is 3.82. The van der Waals surface area contributed by atoms with Gasteiger partial charge in [0.15, 0.2) is 0 Å². The van der Waals surface area contributed by atoms with E-state index in [1.54, 1.807) is 24.3 Å². The normalized spacial score (nSPS) is 13.8. The number of halogens is 1. The number of methoxy groups -OCH3 is 1. The highest BCUT2D eigenvalue weighted by Gasteiger charge is 2.30. The van der Waals surface area contributed by atoms with Crippen LogP contribution >= 0.6 is 15.9 Å². The third kappa shape index (κ3) is 3.02. The van der Waals surface area contributed by atoms with E-state index in [1.807, 2.05) is 6.07 Å². The van der Waals surface area contributed by atoms with Crippen molar-refractivity contribution in [1.82, 2.24) is 0 Å². The average Bonchev–Trinajstić information content (AvgIpc) is 3.35. The van der Waals surface area contributed by atoms with Gasteiger partial charge in [-0.25, -0.2) is 4.79 Å². The lowest BCUT2D eigenvalue weighted by molar-refractivity contribution is 0.0600. The summed E-state index contributed by atoms with van der Waals surface area (Å²) in [6.45, 7) is 2.05. The maximum absolute atomic E-state index is 11.5. The Balaban J connectivity index is 1.90. The van der Waals surface area contributed by atoms with Crippen molar-refractivity contribution in [2.24, 2.45) is 0 Å². The summed E-state index contributed by atoms with van der Waals surface area (Å²) in [7, 11) is 1.37. The molecule has 22 heavy (non-hydrogen) atoms. The molecule has 3 rings (SSSR count). The van der Waals surface area contributed by atoms with Gasteiger partial charge in [-0.05, 0) is 61.6 Å². The molecular weight excluding hydrogens is 344 g/mol. The third-order valence-corrected chi connectivity index (χ3v) is 4.51. The summed E-state index contributed by atoms with van der Waals surface area (Å²) in [6, 6.07) is 11.1. The summed E-state index contributed by atoms with van der Waals surface area (Å²) < 4.78 is 11.9. The molecule has 0 N–H and O–H groups in total. The molecule has 0 heterocycles. The first kappa shape index (κ1) is 15.1. The lowest BCUT2D eigenvalue weighted by Crippen LogP contribution is -2.00. The molecule has 1 aliphatic rings. The van der Waals surface area contributed by atoms with Gasteiger partial charge in [-0.3, -0.25) is 0 Å². The molecule has 0 aromatic heterocycles. The zero-order chi connectivity index (χ0) is 15.7. The molecule has 2 aromatic rings. The Bertz CT molecular complexity index is 703. The van der Waals surface area contributed by atoms with Gasteiger partial charge in [-0.1, -0.05) is 22.0 Å². The van der Waals surface area contributed by atoms with Crippen molar-refractivity contribution >= 4 is 21.9 Å². The van der Waals surface area contributed by atoms with Crippen LogP contribution in [0.15, 0.2) is 40.9 Å². The predicted octanol–water partition coefficient (Wildman–Crippen LogP) is 5.21. The number of esters is 1. The van der Waals surface area contributed by atoms with Gasteiger partial charge in [-0.2, -0.15) is 0 Å². The van der Waals surface area contributed by atoms with E-state index in [0.717, 1.165) is 21.5 Å². The first-order valence-corrected chi connectivity index (χ1v) is 8.04. The Labute approximate surface area is 138 Å². The van der Waals surface area contributed by atoms with Crippen molar-refractivity contribution in [2.45, 2.75) is 25.7 Å². The van der Waals surface area contributed by atoms with Crippen LogP contribution in [-0.4, -0.2) is 13.1 Å². The highest BCUT2D eigenvalue weighted by molar-refractivity contribution is 9.10. The molecule has 0 spiro atoms. The van der Waals surface area contributed by atoms with E-state index in [0.29, 0.717) is 11.5 Å². The number of hydrogen-bond donors (Lipinski definition) is 0. The first-order chi connectivity index (χ1) is 10.6. The molecule has 0 amide bonds. The first-order valence-electron chi connectivity index (χ1n) is 7.25. The molecule has 114 valence electrons. The molecule has 0 aliphatic heterocycles. The molecule has 0 atom stereocenters. The van der Waals surface area contributed by atoms with E-state index in [1.165, 1.54) is 25.5 Å². The maximum Gasteiger partial charge on any atom is 0.337 e. The Kier molecular flexibility index (Phi) is 4.21. The lowest BCUT2D eigenvalue weighted by Gasteiger charge is -2.15. The Hall–Kier alpha value is -1.81. The van der Waals surface area contributed by atoms with Gasteiger partial charge < -0.3 is 9.47 Å².